The monoisotopic (exact) mass is 429 g/mol. The van der Waals surface area contributed by atoms with Gasteiger partial charge in [0.2, 0.25) is 0 Å². The number of carboxylic acids is 1. The van der Waals surface area contributed by atoms with Gasteiger partial charge < -0.3 is 19.9 Å². The molecule has 0 spiro atoms. The summed E-state index contributed by atoms with van der Waals surface area (Å²) >= 11 is 6.04. The SMILES string of the molecule is COc1c([C@@H]2O[C@@H](CC(=O)O)C(=O)Nc3ccc(Cl)cc32)cccc1C(F)(F)F. The second kappa shape index (κ2) is 7.92. The Morgan fingerprint density at radius 3 is 2.62 bits per heavy atom. The van der Waals surface area contributed by atoms with Crippen LogP contribution in [0.4, 0.5) is 18.9 Å². The van der Waals surface area contributed by atoms with Gasteiger partial charge in [0.05, 0.1) is 19.1 Å². The molecule has 154 valence electrons. The molecular weight excluding hydrogens is 415 g/mol. The lowest BCUT2D eigenvalue weighted by Gasteiger charge is -2.24. The highest BCUT2D eigenvalue weighted by atomic mass is 35.5. The minimum atomic E-state index is -4.70. The summed E-state index contributed by atoms with van der Waals surface area (Å²) in [4.78, 5) is 23.6. The van der Waals surface area contributed by atoms with Crippen molar-refractivity contribution < 1.29 is 37.3 Å². The van der Waals surface area contributed by atoms with Crippen molar-refractivity contribution in [2.75, 3.05) is 12.4 Å². The second-order valence-corrected chi connectivity index (χ2v) is 6.69. The number of anilines is 1. The van der Waals surface area contributed by atoms with Crippen LogP contribution in [0.25, 0.3) is 0 Å². The number of para-hydroxylation sites is 1. The first-order chi connectivity index (χ1) is 13.6. The minimum absolute atomic E-state index is 0.0160. The molecule has 10 heteroatoms. The molecule has 0 radical (unpaired) electrons. The van der Waals surface area contributed by atoms with Gasteiger partial charge in [-0.25, -0.2) is 0 Å². The fourth-order valence-corrected chi connectivity index (χ4v) is 3.31. The van der Waals surface area contributed by atoms with Crippen LogP contribution in [0.15, 0.2) is 36.4 Å². The van der Waals surface area contributed by atoms with E-state index in [0.29, 0.717) is 0 Å². The Morgan fingerprint density at radius 1 is 1.28 bits per heavy atom. The normalized spacial score (nSPS) is 19.1. The van der Waals surface area contributed by atoms with Crippen molar-refractivity contribution in [3.63, 3.8) is 0 Å². The van der Waals surface area contributed by atoms with E-state index in [-0.39, 0.29) is 21.8 Å². The van der Waals surface area contributed by atoms with E-state index in [1.807, 2.05) is 0 Å². The lowest BCUT2D eigenvalue weighted by atomic mass is 9.96. The van der Waals surface area contributed by atoms with E-state index < -0.39 is 48.0 Å². The first-order valence-electron chi connectivity index (χ1n) is 8.33. The molecule has 0 saturated heterocycles. The number of halogens is 4. The Hall–Kier alpha value is -2.78. The van der Waals surface area contributed by atoms with Crippen molar-refractivity contribution in [3.8, 4) is 5.75 Å². The van der Waals surface area contributed by atoms with Crippen molar-refractivity contribution in [2.45, 2.75) is 24.8 Å². The molecule has 3 rings (SSSR count). The van der Waals surface area contributed by atoms with Crippen molar-refractivity contribution in [3.05, 3.63) is 58.1 Å². The number of amides is 1. The number of carboxylic acid groups (broad SMARTS) is 1. The summed E-state index contributed by atoms with van der Waals surface area (Å²) in [5.41, 5.74) is -0.520. The molecule has 29 heavy (non-hydrogen) atoms. The van der Waals surface area contributed by atoms with E-state index in [9.17, 15) is 22.8 Å². The summed E-state index contributed by atoms with van der Waals surface area (Å²) in [6.45, 7) is 0. The highest BCUT2D eigenvalue weighted by Crippen LogP contribution is 2.45. The summed E-state index contributed by atoms with van der Waals surface area (Å²) in [5.74, 6) is -2.52. The number of hydrogen-bond donors (Lipinski definition) is 2. The van der Waals surface area contributed by atoms with Gasteiger partial charge in [0.25, 0.3) is 5.91 Å². The van der Waals surface area contributed by atoms with Crippen LogP contribution in [0.5, 0.6) is 5.75 Å². The van der Waals surface area contributed by atoms with E-state index in [0.717, 1.165) is 13.2 Å². The molecule has 0 aliphatic carbocycles. The third-order valence-corrected chi connectivity index (χ3v) is 4.58. The van der Waals surface area contributed by atoms with Gasteiger partial charge in [-0.15, -0.1) is 0 Å². The van der Waals surface area contributed by atoms with Gasteiger partial charge in [-0.2, -0.15) is 13.2 Å². The van der Waals surface area contributed by atoms with Crippen LogP contribution in [0.1, 0.15) is 29.2 Å². The van der Waals surface area contributed by atoms with Gasteiger partial charge in [-0.1, -0.05) is 23.7 Å². The van der Waals surface area contributed by atoms with Crippen LogP contribution >= 0.6 is 11.6 Å². The van der Waals surface area contributed by atoms with Gasteiger partial charge in [0, 0.05) is 21.8 Å². The number of ether oxygens (including phenoxy) is 2. The molecule has 0 saturated carbocycles. The van der Waals surface area contributed by atoms with E-state index in [1.165, 1.54) is 30.3 Å². The predicted molar refractivity (Wildman–Crippen MR) is 97.0 cm³/mol. The number of fused-ring (bicyclic) bond motifs is 1. The number of carbonyl (C=O) groups is 2. The topological polar surface area (TPSA) is 84.9 Å². The van der Waals surface area contributed by atoms with Crippen LogP contribution < -0.4 is 10.1 Å². The maximum Gasteiger partial charge on any atom is 0.419 e. The molecule has 1 heterocycles. The van der Waals surface area contributed by atoms with E-state index in [2.05, 4.69) is 5.32 Å². The van der Waals surface area contributed by atoms with Gasteiger partial charge in [-0.3, -0.25) is 9.59 Å². The van der Waals surface area contributed by atoms with E-state index in [4.69, 9.17) is 26.2 Å². The Labute approximate surface area is 168 Å². The van der Waals surface area contributed by atoms with Gasteiger partial charge in [0.15, 0.2) is 0 Å². The molecule has 0 bridgehead atoms. The van der Waals surface area contributed by atoms with E-state index >= 15 is 0 Å². The first kappa shape index (κ1) is 20.9. The van der Waals surface area contributed by atoms with Crippen LogP contribution in [0, 0.1) is 0 Å². The van der Waals surface area contributed by atoms with E-state index in [1.54, 1.807) is 0 Å². The molecule has 6 nitrogen and oxygen atoms in total. The fraction of sp³-hybridized carbons (Fsp3) is 0.263. The van der Waals surface area contributed by atoms with Crippen molar-refractivity contribution >= 4 is 29.2 Å². The van der Waals surface area contributed by atoms with Crippen LogP contribution in [0.3, 0.4) is 0 Å². The van der Waals surface area contributed by atoms with Crippen LogP contribution in [-0.4, -0.2) is 30.2 Å². The third-order valence-electron chi connectivity index (χ3n) is 4.34. The zero-order valence-electron chi connectivity index (χ0n) is 14.9. The molecule has 0 unspecified atom stereocenters. The number of aliphatic carboxylic acids is 1. The molecular formula is C19H15ClF3NO5. The quantitative estimate of drug-likeness (QED) is 0.758. The molecule has 1 amide bonds. The Bertz CT molecular complexity index is 963. The molecule has 2 aromatic carbocycles. The zero-order chi connectivity index (χ0) is 21.3. The average molecular weight is 430 g/mol. The highest BCUT2D eigenvalue weighted by Gasteiger charge is 2.39. The third kappa shape index (κ3) is 4.30. The number of hydrogen-bond acceptors (Lipinski definition) is 4. The maximum absolute atomic E-state index is 13.4. The Kier molecular flexibility index (Phi) is 5.72. The van der Waals surface area contributed by atoms with Gasteiger partial charge in [0.1, 0.15) is 18.0 Å². The molecule has 1 aliphatic heterocycles. The number of alkyl halides is 3. The summed E-state index contributed by atoms with van der Waals surface area (Å²) in [6.07, 6.45) is -8.05. The lowest BCUT2D eigenvalue weighted by molar-refractivity contribution is -0.146. The Morgan fingerprint density at radius 2 is 2.00 bits per heavy atom. The van der Waals surface area contributed by atoms with Crippen molar-refractivity contribution in [2.24, 2.45) is 0 Å². The fourth-order valence-electron chi connectivity index (χ4n) is 3.13. The lowest BCUT2D eigenvalue weighted by Crippen LogP contribution is -2.31. The number of benzene rings is 2. The standard InChI is InChI=1S/C19H15ClF3NO5/c1-28-17-10(3-2-4-12(17)19(21,22)23)16-11-7-9(20)5-6-13(11)24-18(27)14(29-16)8-15(25)26/h2-7,14,16H,8H2,1H3,(H,24,27)(H,25,26)/t14-,16-/m0/s1. The number of nitrogens with one attached hydrogen (secondary N) is 1. The number of carbonyl (C=O) groups excluding carboxylic acids is 1. The Balaban J connectivity index is 2.21. The summed E-state index contributed by atoms with van der Waals surface area (Å²) in [5, 5.41) is 11.9. The number of methoxy groups -OCH3 is 1. The highest BCUT2D eigenvalue weighted by molar-refractivity contribution is 6.30. The maximum atomic E-state index is 13.4. The summed E-state index contributed by atoms with van der Waals surface area (Å²) < 4.78 is 51.1. The summed E-state index contributed by atoms with van der Waals surface area (Å²) in [6, 6.07) is 7.78. The van der Waals surface area contributed by atoms with Crippen LogP contribution in [0.2, 0.25) is 5.02 Å². The summed E-state index contributed by atoms with van der Waals surface area (Å²) in [7, 11) is 1.09. The molecule has 0 aromatic heterocycles. The molecule has 2 aromatic rings. The number of rotatable bonds is 4. The van der Waals surface area contributed by atoms with Crippen molar-refractivity contribution in [1.82, 2.24) is 0 Å². The molecule has 2 atom stereocenters. The van der Waals surface area contributed by atoms with Gasteiger partial charge in [-0.05, 0) is 24.3 Å². The molecule has 1 aliphatic rings. The molecule has 2 N–H and O–H groups in total. The largest absolute Gasteiger partial charge is 0.496 e. The molecule has 0 fully saturated rings. The second-order valence-electron chi connectivity index (χ2n) is 6.25. The van der Waals surface area contributed by atoms with Gasteiger partial charge >= 0.3 is 12.1 Å². The van der Waals surface area contributed by atoms with Crippen molar-refractivity contribution in [1.29, 1.82) is 0 Å². The zero-order valence-corrected chi connectivity index (χ0v) is 15.7. The smallest absolute Gasteiger partial charge is 0.419 e. The minimum Gasteiger partial charge on any atom is -0.496 e. The van der Waals surface area contributed by atoms with Crippen LogP contribution in [-0.2, 0) is 20.5 Å². The first-order valence-corrected chi connectivity index (χ1v) is 8.71. The average Bonchev–Trinajstić information content (AvgIpc) is 2.77. The predicted octanol–water partition coefficient (Wildman–Crippen LogP) is 4.27.